The van der Waals surface area contributed by atoms with Gasteiger partial charge in [0.05, 0.1) is 12.3 Å². The molecule has 0 fully saturated rings. The lowest BCUT2D eigenvalue weighted by atomic mass is 10.1. The minimum absolute atomic E-state index is 0.101. The summed E-state index contributed by atoms with van der Waals surface area (Å²) in [5.74, 6) is 0.595. The number of hydrogen-bond donors (Lipinski definition) is 3. The summed E-state index contributed by atoms with van der Waals surface area (Å²) in [5.41, 5.74) is 1.64. The van der Waals surface area contributed by atoms with Gasteiger partial charge in [-0.1, -0.05) is 42.5 Å². The number of anilines is 1. The predicted molar refractivity (Wildman–Crippen MR) is 86.0 cm³/mol. The Morgan fingerprint density at radius 3 is 2.55 bits per heavy atom. The second kappa shape index (κ2) is 8.05. The Morgan fingerprint density at radius 1 is 1.14 bits per heavy atom. The number of aliphatic hydroxyl groups is 1. The lowest BCUT2D eigenvalue weighted by Crippen LogP contribution is -2.31. The zero-order valence-corrected chi connectivity index (χ0v) is 12.5. The van der Waals surface area contributed by atoms with Crippen LogP contribution in [0.3, 0.4) is 0 Å². The van der Waals surface area contributed by atoms with E-state index < -0.39 is 0 Å². The van der Waals surface area contributed by atoms with Crippen molar-refractivity contribution in [1.82, 2.24) is 5.32 Å². The van der Waals surface area contributed by atoms with Crippen LogP contribution < -0.4 is 15.4 Å². The molecule has 0 aliphatic carbocycles. The summed E-state index contributed by atoms with van der Waals surface area (Å²) < 4.78 is 5.94. The minimum Gasteiger partial charge on any atom is -0.484 e. The highest BCUT2D eigenvalue weighted by Gasteiger charge is 2.11. The molecule has 3 N–H and O–H groups in total. The molecule has 0 heterocycles. The summed E-state index contributed by atoms with van der Waals surface area (Å²) in [6.07, 6.45) is -0.135. The molecule has 0 saturated carbocycles. The van der Waals surface area contributed by atoms with Crippen LogP contribution in [0.15, 0.2) is 54.6 Å². The third-order valence-corrected chi connectivity index (χ3v) is 3.11. The van der Waals surface area contributed by atoms with Gasteiger partial charge in [-0.05, 0) is 24.6 Å². The fraction of sp³-hybridized carbons (Fsp3) is 0.235. The van der Waals surface area contributed by atoms with E-state index in [0.29, 0.717) is 11.4 Å². The van der Waals surface area contributed by atoms with Crippen LogP contribution >= 0.6 is 0 Å². The summed E-state index contributed by atoms with van der Waals surface area (Å²) in [7, 11) is 0. The van der Waals surface area contributed by atoms with Gasteiger partial charge < -0.3 is 20.5 Å². The molecular weight excluding hydrogens is 280 g/mol. The molecule has 2 aromatic rings. The lowest BCUT2D eigenvalue weighted by Gasteiger charge is -2.18. The van der Waals surface area contributed by atoms with Gasteiger partial charge in [-0.15, -0.1) is 0 Å². The Labute approximate surface area is 129 Å². The van der Waals surface area contributed by atoms with Crippen LogP contribution in [0.25, 0.3) is 0 Å². The zero-order chi connectivity index (χ0) is 15.8. The standard InChI is InChI=1S/C17H20N2O3/c1-13(14-7-3-2-4-8-14)22-16-10-6-5-9-15(16)19-17(21)18-11-12-20/h2-10,13,20H,11-12H2,1H3,(H2,18,19,21). The van der Waals surface area contributed by atoms with Crippen molar-refractivity contribution in [2.45, 2.75) is 13.0 Å². The van der Waals surface area contributed by atoms with E-state index in [1.807, 2.05) is 49.4 Å². The Bertz CT molecular complexity index is 602. The molecule has 2 aromatic carbocycles. The Morgan fingerprint density at radius 2 is 1.82 bits per heavy atom. The van der Waals surface area contributed by atoms with E-state index in [-0.39, 0.29) is 25.3 Å². The van der Waals surface area contributed by atoms with Gasteiger partial charge in [0, 0.05) is 6.54 Å². The number of urea groups is 1. The van der Waals surface area contributed by atoms with Gasteiger partial charge in [-0.3, -0.25) is 0 Å². The van der Waals surface area contributed by atoms with Crippen LogP contribution in [-0.2, 0) is 0 Å². The number of amides is 2. The highest BCUT2D eigenvalue weighted by molar-refractivity contribution is 5.90. The molecule has 1 unspecified atom stereocenters. The molecule has 2 rings (SSSR count). The molecule has 0 bridgehead atoms. The van der Waals surface area contributed by atoms with Crippen LogP contribution in [0.4, 0.5) is 10.5 Å². The first-order chi connectivity index (χ1) is 10.7. The molecule has 0 spiro atoms. The molecule has 5 heteroatoms. The second-order valence-corrected chi connectivity index (χ2v) is 4.77. The summed E-state index contributed by atoms with van der Waals surface area (Å²) >= 11 is 0. The lowest BCUT2D eigenvalue weighted by molar-refractivity contribution is 0.227. The zero-order valence-electron chi connectivity index (χ0n) is 12.5. The largest absolute Gasteiger partial charge is 0.484 e. The third kappa shape index (κ3) is 4.49. The Balaban J connectivity index is 2.06. The minimum atomic E-state index is -0.377. The second-order valence-electron chi connectivity index (χ2n) is 4.77. The van der Waals surface area contributed by atoms with Crippen LogP contribution in [0.2, 0.25) is 0 Å². The van der Waals surface area contributed by atoms with Crippen LogP contribution in [0.1, 0.15) is 18.6 Å². The van der Waals surface area contributed by atoms with E-state index in [1.54, 1.807) is 12.1 Å². The summed E-state index contributed by atoms with van der Waals surface area (Å²) in [6.45, 7) is 2.06. The molecule has 116 valence electrons. The van der Waals surface area contributed by atoms with Crippen LogP contribution in [0.5, 0.6) is 5.75 Å². The van der Waals surface area contributed by atoms with Crippen molar-refractivity contribution in [3.05, 3.63) is 60.2 Å². The van der Waals surface area contributed by atoms with E-state index in [9.17, 15) is 4.79 Å². The highest BCUT2D eigenvalue weighted by atomic mass is 16.5. The van der Waals surface area contributed by atoms with Gasteiger partial charge in [0.25, 0.3) is 0 Å². The first-order valence-corrected chi connectivity index (χ1v) is 7.17. The van der Waals surface area contributed by atoms with Crippen LogP contribution in [-0.4, -0.2) is 24.3 Å². The average molecular weight is 300 g/mol. The number of ether oxygens (including phenoxy) is 1. The summed E-state index contributed by atoms with van der Waals surface area (Å²) in [6, 6.07) is 16.7. The number of nitrogens with one attached hydrogen (secondary N) is 2. The molecule has 5 nitrogen and oxygen atoms in total. The smallest absolute Gasteiger partial charge is 0.319 e. The number of carbonyl (C=O) groups is 1. The maximum absolute atomic E-state index is 11.7. The van der Waals surface area contributed by atoms with Gasteiger partial charge >= 0.3 is 6.03 Å². The maximum Gasteiger partial charge on any atom is 0.319 e. The van der Waals surface area contributed by atoms with Crippen molar-refractivity contribution in [1.29, 1.82) is 0 Å². The number of carbonyl (C=O) groups excluding carboxylic acids is 1. The van der Waals surface area contributed by atoms with Crippen molar-refractivity contribution in [2.24, 2.45) is 0 Å². The molecule has 22 heavy (non-hydrogen) atoms. The topological polar surface area (TPSA) is 70.6 Å². The van der Waals surface area contributed by atoms with E-state index in [1.165, 1.54) is 0 Å². The number of aliphatic hydroxyl groups excluding tert-OH is 1. The number of benzene rings is 2. The van der Waals surface area contributed by atoms with Crippen LogP contribution in [0, 0.1) is 0 Å². The molecule has 2 amide bonds. The fourth-order valence-corrected chi connectivity index (χ4v) is 1.99. The monoisotopic (exact) mass is 300 g/mol. The Kier molecular flexibility index (Phi) is 5.80. The quantitative estimate of drug-likeness (QED) is 0.768. The molecular formula is C17H20N2O3. The van der Waals surface area contributed by atoms with Gasteiger partial charge in [-0.25, -0.2) is 4.79 Å². The fourth-order valence-electron chi connectivity index (χ4n) is 1.99. The first-order valence-electron chi connectivity index (χ1n) is 7.17. The number of para-hydroxylation sites is 2. The van der Waals surface area contributed by atoms with Crippen molar-refractivity contribution < 1.29 is 14.6 Å². The van der Waals surface area contributed by atoms with E-state index in [2.05, 4.69) is 10.6 Å². The number of rotatable bonds is 6. The molecule has 0 aliphatic rings. The van der Waals surface area contributed by atoms with Crippen molar-refractivity contribution in [3.63, 3.8) is 0 Å². The van der Waals surface area contributed by atoms with Crippen molar-refractivity contribution >= 4 is 11.7 Å². The molecule has 0 radical (unpaired) electrons. The average Bonchev–Trinajstić information content (AvgIpc) is 2.55. The summed E-state index contributed by atoms with van der Waals surface area (Å²) in [5, 5.41) is 14.0. The van der Waals surface area contributed by atoms with E-state index >= 15 is 0 Å². The van der Waals surface area contributed by atoms with Crippen molar-refractivity contribution in [2.75, 3.05) is 18.5 Å². The molecule has 0 aliphatic heterocycles. The molecule has 0 saturated heterocycles. The van der Waals surface area contributed by atoms with E-state index in [0.717, 1.165) is 5.56 Å². The molecule has 0 aromatic heterocycles. The van der Waals surface area contributed by atoms with E-state index in [4.69, 9.17) is 9.84 Å². The van der Waals surface area contributed by atoms with Gasteiger partial charge in [-0.2, -0.15) is 0 Å². The normalized spacial score (nSPS) is 11.5. The SMILES string of the molecule is CC(Oc1ccccc1NC(=O)NCCO)c1ccccc1. The van der Waals surface area contributed by atoms with Gasteiger partial charge in [0.15, 0.2) is 0 Å². The maximum atomic E-state index is 11.7. The predicted octanol–water partition coefficient (Wildman–Crippen LogP) is 2.94. The Hall–Kier alpha value is -2.53. The molecule has 1 atom stereocenters. The number of hydrogen-bond acceptors (Lipinski definition) is 3. The van der Waals surface area contributed by atoms with Gasteiger partial charge in [0.1, 0.15) is 11.9 Å². The summed E-state index contributed by atoms with van der Waals surface area (Å²) in [4.78, 5) is 11.7. The third-order valence-electron chi connectivity index (χ3n) is 3.11. The van der Waals surface area contributed by atoms with Gasteiger partial charge in [0.2, 0.25) is 0 Å². The highest BCUT2D eigenvalue weighted by Crippen LogP contribution is 2.28. The van der Waals surface area contributed by atoms with Crippen molar-refractivity contribution in [3.8, 4) is 5.75 Å². The first kappa shape index (κ1) is 15.9.